The normalized spacial score (nSPS) is 10.8. The summed E-state index contributed by atoms with van der Waals surface area (Å²) in [6.45, 7) is 5.83. The summed E-state index contributed by atoms with van der Waals surface area (Å²) in [5.74, 6) is 0. The summed E-state index contributed by atoms with van der Waals surface area (Å²) in [6, 6.07) is 0. The second kappa shape index (κ2) is 21.3. The van der Waals surface area contributed by atoms with Crippen molar-refractivity contribution in [3.05, 3.63) is 0 Å². The SMILES string of the molecule is CCCCCCCCCCCNC(=O)OCCCCCCCCCC. The van der Waals surface area contributed by atoms with Gasteiger partial charge in [-0.15, -0.1) is 0 Å². The van der Waals surface area contributed by atoms with Crippen LogP contribution in [-0.2, 0) is 4.74 Å². The van der Waals surface area contributed by atoms with Crippen molar-refractivity contribution in [3.8, 4) is 0 Å². The second-order valence-corrected chi connectivity index (χ2v) is 7.37. The third-order valence-corrected chi connectivity index (χ3v) is 4.78. The minimum absolute atomic E-state index is 0.234. The van der Waals surface area contributed by atoms with Gasteiger partial charge in [-0.2, -0.15) is 0 Å². The molecule has 0 aromatic heterocycles. The fourth-order valence-electron chi connectivity index (χ4n) is 3.08. The molecule has 0 spiro atoms. The number of carbonyl (C=O) groups excluding carboxylic acids is 1. The molecule has 0 aromatic carbocycles. The fraction of sp³-hybridized carbons (Fsp3) is 0.955. The van der Waals surface area contributed by atoms with E-state index in [4.69, 9.17) is 4.74 Å². The maximum atomic E-state index is 11.6. The Kier molecular flexibility index (Phi) is 20.7. The van der Waals surface area contributed by atoms with Crippen LogP contribution in [0.4, 0.5) is 4.79 Å². The number of carbonyl (C=O) groups is 1. The van der Waals surface area contributed by atoms with Crippen molar-refractivity contribution in [2.24, 2.45) is 0 Å². The third kappa shape index (κ3) is 21.2. The Bertz CT molecular complexity index is 269. The lowest BCUT2D eigenvalue weighted by Crippen LogP contribution is -2.25. The van der Waals surface area contributed by atoms with Gasteiger partial charge < -0.3 is 10.1 Å². The van der Waals surface area contributed by atoms with Crippen molar-refractivity contribution >= 4 is 6.09 Å². The Morgan fingerprint density at radius 3 is 1.48 bits per heavy atom. The molecule has 1 N–H and O–H groups in total. The van der Waals surface area contributed by atoms with Crippen LogP contribution in [0.15, 0.2) is 0 Å². The van der Waals surface area contributed by atoms with Crippen LogP contribution in [0.2, 0.25) is 0 Å². The highest BCUT2D eigenvalue weighted by Crippen LogP contribution is 2.09. The average Bonchev–Trinajstić information content (AvgIpc) is 2.62. The van der Waals surface area contributed by atoms with Crippen molar-refractivity contribution in [2.45, 2.75) is 123 Å². The summed E-state index contributed by atoms with van der Waals surface area (Å²) in [4.78, 5) is 11.6. The molecule has 150 valence electrons. The molecule has 0 aliphatic heterocycles. The molecular formula is C22H45NO2. The molecular weight excluding hydrogens is 310 g/mol. The summed E-state index contributed by atoms with van der Waals surface area (Å²) in [5.41, 5.74) is 0. The summed E-state index contributed by atoms with van der Waals surface area (Å²) >= 11 is 0. The molecule has 0 atom stereocenters. The summed E-state index contributed by atoms with van der Waals surface area (Å²) < 4.78 is 5.22. The lowest BCUT2D eigenvalue weighted by molar-refractivity contribution is 0.143. The summed E-state index contributed by atoms with van der Waals surface area (Å²) in [7, 11) is 0. The zero-order valence-corrected chi connectivity index (χ0v) is 17.3. The van der Waals surface area contributed by atoms with Crippen molar-refractivity contribution in [3.63, 3.8) is 0 Å². The number of amides is 1. The number of unbranched alkanes of at least 4 members (excludes halogenated alkanes) is 15. The molecule has 1 amide bonds. The quantitative estimate of drug-likeness (QED) is 0.245. The van der Waals surface area contributed by atoms with E-state index >= 15 is 0 Å². The molecule has 0 aliphatic carbocycles. The first-order valence-corrected chi connectivity index (χ1v) is 11.2. The minimum Gasteiger partial charge on any atom is -0.450 e. The molecule has 3 nitrogen and oxygen atoms in total. The van der Waals surface area contributed by atoms with Gasteiger partial charge in [0, 0.05) is 6.54 Å². The van der Waals surface area contributed by atoms with Gasteiger partial charge in [-0.1, -0.05) is 110 Å². The zero-order chi connectivity index (χ0) is 18.4. The van der Waals surface area contributed by atoms with E-state index in [0.717, 1.165) is 19.4 Å². The number of nitrogens with one attached hydrogen (secondary N) is 1. The first-order chi connectivity index (χ1) is 12.3. The van der Waals surface area contributed by atoms with Crippen LogP contribution in [0.3, 0.4) is 0 Å². The number of alkyl carbamates (subject to hydrolysis) is 1. The molecule has 0 heterocycles. The maximum Gasteiger partial charge on any atom is 0.407 e. The Balaban J connectivity index is 3.13. The Labute approximate surface area is 157 Å². The van der Waals surface area contributed by atoms with E-state index < -0.39 is 0 Å². The summed E-state index contributed by atoms with van der Waals surface area (Å²) in [6.07, 6.45) is 21.7. The summed E-state index contributed by atoms with van der Waals surface area (Å²) in [5, 5.41) is 2.87. The highest BCUT2D eigenvalue weighted by atomic mass is 16.5. The van der Waals surface area contributed by atoms with Crippen LogP contribution in [-0.4, -0.2) is 19.2 Å². The highest BCUT2D eigenvalue weighted by molar-refractivity contribution is 5.66. The van der Waals surface area contributed by atoms with E-state index in [1.54, 1.807) is 0 Å². The molecule has 0 rings (SSSR count). The van der Waals surface area contributed by atoms with Gasteiger partial charge in [0.05, 0.1) is 6.61 Å². The topological polar surface area (TPSA) is 38.3 Å². The number of rotatable bonds is 19. The predicted octanol–water partition coefficient (Wildman–Crippen LogP) is 7.38. The monoisotopic (exact) mass is 355 g/mol. The molecule has 0 aliphatic rings. The molecule has 0 fully saturated rings. The van der Waals surface area contributed by atoms with Crippen LogP contribution in [0.1, 0.15) is 123 Å². The van der Waals surface area contributed by atoms with Crippen molar-refractivity contribution < 1.29 is 9.53 Å². The standard InChI is InChI=1S/C22H45NO2/c1-3-5-7-9-11-13-14-16-18-20-23-22(24)25-21-19-17-15-12-10-8-6-4-2/h3-21H2,1-2H3,(H,23,24). The van der Waals surface area contributed by atoms with Crippen LogP contribution in [0.5, 0.6) is 0 Å². The van der Waals surface area contributed by atoms with E-state index in [1.165, 1.54) is 96.3 Å². The van der Waals surface area contributed by atoms with Crippen LogP contribution < -0.4 is 5.32 Å². The molecule has 0 bridgehead atoms. The maximum absolute atomic E-state index is 11.6. The van der Waals surface area contributed by atoms with Crippen LogP contribution in [0, 0.1) is 0 Å². The Hall–Kier alpha value is -0.730. The van der Waals surface area contributed by atoms with Gasteiger partial charge >= 0.3 is 6.09 Å². The van der Waals surface area contributed by atoms with Crippen LogP contribution in [0.25, 0.3) is 0 Å². The van der Waals surface area contributed by atoms with Gasteiger partial charge in [0.1, 0.15) is 0 Å². The molecule has 25 heavy (non-hydrogen) atoms. The predicted molar refractivity (Wildman–Crippen MR) is 109 cm³/mol. The average molecular weight is 356 g/mol. The van der Waals surface area contributed by atoms with E-state index in [2.05, 4.69) is 19.2 Å². The highest BCUT2D eigenvalue weighted by Gasteiger charge is 2.00. The fourth-order valence-corrected chi connectivity index (χ4v) is 3.08. The van der Waals surface area contributed by atoms with Gasteiger partial charge in [0.2, 0.25) is 0 Å². The molecule has 0 unspecified atom stereocenters. The van der Waals surface area contributed by atoms with E-state index in [-0.39, 0.29) is 6.09 Å². The third-order valence-electron chi connectivity index (χ3n) is 4.78. The van der Waals surface area contributed by atoms with Crippen LogP contribution >= 0.6 is 0 Å². The van der Waals surface area contributed by atoms with E-state index in [9.17, 15) is 4.79 Å². The zero-order valence-electron chi connectivity index (χ0n) is 17.3. The second-order valence-electron chi connectivity index (χ2n) is 7.37. The molecule has 0 aromatic rings. The number of ether oxygens (including phenoxy) is 1. The van der Waals surface area contributed by atoms with Crippen molar-refractivity contribution in [1.82, 2.24) is 5.32 Å². The van der Waals surface area contributed by atoms with Crippen molar-refractivity contribution in [2.75, 3.05) is 13.2 Å². The molecule has 0 radical (unpaired) electrons. The Morgan fingerprint density at radius 2 is 1.00 bits per heavy atom. The van der Waals surface area contributed by atoms with Gasteiger partial charge in [0.25, 0.3) is 0 Å². The lowest BCUT2D eigenvalue weighted by Gasteiger charge is -2.07. The smallest absolute Gasteiger partial charge is 0.407 e. The Morgan fingerprint density at radius 1 is 0.600 bits per heavy atom. The van der Waals surface area contributed by atoms with Crippen molar-refractivity contribution in [1.29, 1.82) is 0 Å². The first kappa shape index (κ1) is 24.3. The lowest BCUT2D eigenvalue weighted by atomic mass is 10.1. The largest absolute Gasteiger partial charge is 0.450 e. The minimum atomic E-state index is -0.234. The van der Waals surface area contributed by atoms with Gasteiger partial charge in [-0.3, -0.25) is 0 Å². The van der Waals surface area contributed by atoms with Gasteiger partial charge in [-0.25, -0.2) is 4.79 Å². The number of hydrogen-bond acceptors (Lipinski definition) is 2. The first-order valence-electron chi connectivity index (χ1n) is 11.2. The van der Waals surface area contributed by atoms with E-state index in [1.807, 2.05) is 0 Å². The molecule has 3 heteroatoms. The molecule has 0 saturated carbocycles. The molecule has 0 saturated heterocycles. The van der Waals surface area contributed by atoms with Gasteiger partial charge in [-0.05, 0) is 12.8 Å². The van der Waals surface area contributed by atoms with Gasteiger partial charge in [0.15, 0.2) is 0 Å². The number of hydrogen-bond donors (Lipinski definition) is 1. The van der Waals surface area contributed by atoms with E-state index in [0.29, 0.717) is 6.61 Å².